The van der Waals surface area contributed by atoms with Gasteiger partial charge in [-0.2, -0.15) is 5.26 Å². The molecule has 0 aromatic carbocycles. The smallest absolute Gasteiger partial charge is 0.144 e. The van der Waals surface area contributed by atoms with Gasteiger partial charge in [0.05, 0.1) is 11.6 Å². The molecule has 0 saturated heterocycles. The molecule has 1 aromatic rings. The van der Waals surface area contributed by atoms with Crippen LogP contribution in [-0.4, -0.2) is 11.0 Å². The molecule has 0 saturated carbocycles. The molecular formula is C11H11N3. The highest BCUT2D eigenvalue weighted by Gasteiger charge is 2.06. The fourth-order valence-electron chi connectivity index (χ4n) is 1.04. The molecule has 3 nitrogen and oxygen atoms in total. The lowest BCUT2D eigenvalue weighted by Gasteiger charge is -2.11. The average Bonchev–Trinajstić information content (AvgIpc) is 2.26. The topological polar surface area (TPSA) is 48.7 Å². The van der Waals surface area contributed by atoms with E-state index in [-0.39, 0.29) is 6.04 Å². The predicted molar refractivity (Wildman–Crippen MR) is 55.5 cm³/mol. The Hall–Kier alpha value is -2.00. The molecule has 0 radical (unpaired) electrons. The van der Waals surface area contributed by atoms with E-state index in [1.54, 1.807) is 18.3 Å². The molecule has 0 bridgehead atoms. The van der Waals surface area contributed by atoms with E-state index in [0.717, 1.165) is 6.42 Å². The van der Waals surface area contributed by atoms with Gasteiger partial charge >= 0.3 is 0 Å². The van der Waals surface area contributed by atoms with Gasteiger partial charge in [0.2, 0.25) is 0 Å². The average molecular weight is 185 g/mol. The van der Waals surface area contributed by atoms with Crippen LogP contribution < -0.4 is 5.32 Å². The second-order valence-corrected chi connectivity index (χ2v) is 2.78. The first-order chi connectivity index (χ1) is 6.81. The van der Waals surface area contributed by atoms with Gasteiger partial charge in [-0.15, -0.1) is 6.42 Å². The van der Waals surface area contributed by atoms with Crippen molar-refractivity contribution in [2.75, 3.05) is 5.32 Å². The monoisotopic (exact) mass is 185 g/mol. The van der Waals surface area contributed by atoms with Gasteiger partial charge in [0.1, 0.15) is 11.9 Å². The van der Waals surface area contributed by atoms with E-state index in [0.29, 0.717) is 11.4 Å². The fourth-order valence-corrected chi connectivity index (χ4v) is 1.04. The van der Waals surface area contributed by atoms with Crippen LogP contribution in [0.15, 0.2) is 18.3 Å². The van der Waals surface area contributed by atoms with Gasteiger partial charge in [-0.3, -0.25) is 0 Å². The summed E-state index contributed by atoms with van der Waals surface area (Å²) in [4.78, 5) is 4.06. The minimum atomic E-state index is -0.0722. The predicted octanol–water partition coefficient (Wildman–Crippen LogP) is 1.78. The third kappa shape index (κ3) is 2.24. The molecule has 1 aromatic heterocycles. The summed E-state index contributed by atoms with van der Waals surface area (Å²) in [6, 6.07) is 5.41. The minimum absolute atomic E-state index is 0.0722. The summed E-state index contributed by atoms with van der Waals surface area (Å²) in [7, 11) is 0. The Morgan fingerprint density at radius 1 is 1.71 bits per heavy atom. The van der Waals surface area contributed by atoms with Crippen molar-refractivity contribution in [2.24, 2.45) is 0 Å². The summed E-state index contributed by atoms with van der Waals surface area (Å²) in [6.07, 6.45) is 7.73. The summed E-state index contributed by atoms with van der Waals surface area (Å²) in [5, 5.41) is 11.8. The molecule has 0 aliphatic rings. The first-order valence-electron chi connectivity index (χ1n) is 4.39. The van der Waals surface area contributed by atoms with Crippen LogP contribution in [-0.2, 0) is 0 Å². The number of pyridine rings is 1. The highest BCUT2D eigenvalue weighted by molar-refractivity contribution is 5.52. The third-order valence-corrected chi connectivity index (χ3v) is 1.85. The van der Waals surface area contributed by atoms with Gasteiger partial charge in [-0.1, -0.05) is 12.8 Å². The van der Waals surface area contributed by atoms with Crippen molar-refractivity contribution in [3.05, 3.63) is 23.9 Å². The number of rotatable bonds is 3. The second-order valence-electron chi connectivity index (χ2n) is 2.78. The van der Waals surface area contributed by atoms with Gasteiger partial charge in [0.15, 0.2) is 0 Å². The van der Waals surface area contributed by atoms with E-state index in [9.17, 15) is 0 Å². The number of anilines is 1. The molecule has 1 rings (SSSR count). The standard InChI is InChI=1S/C11H11N3/c1-3-10(4-2)14-11-9(8-12)6-5-7-13-11/h1,5-7,10H,4H2,2H3,(H,13,14). The Balaban J connectivity index is 2.87. The van der Waals surface area contributed by atoms with E-state index >= 15 is 0 Å². The van der Waals surface area contributed by atoms with E-state index in [4.69, 9.17) is 11.7 Å². The quantitative estimate of drug-likeness (QED) is 0.730. The molecule has 1 unspecified atom stereocenters. The molecule has 0 aliphatic carbocycles. The van der Waals surface area contributed by atoms with Crippen molar-refractivity contribution in [1.82, 2.24) is 4.98 Å². The SMILES string of the molecule is C#CC(CC)Nc1ncccc1C#N. The second kappa shape index (κ2) is 4.89. The Bertz CT molecular complexity index is 384. The third-order valence-electron chi connectivity index (χ3n) is 1.85. The zero-order valence-corrected chi connectivity index (χ0v) is 7.99. The van der Waals surface area contributed by atoms with Crippen LogP contribution in [0.2, 0.25) is 0 Å². The highest BCUT2D eigenvalue weighted by atomic mass is 15.0. The van der Waals surface area contributed by atoms with Crippen LogP contribution in [0, 0.1) is 23.7 Å². The fraction of sp³-hybridized carbons (Fsp3) is 0.273. The summed E-state index contributed by atoms with van der Waals surface area (Å²) in [5.41, 5.74) is 0.515. The number of aromatic nitrogens is 1. The van der Waals surface area contributed by atoms with E-state index in [1.807, 2.05) is 6.92 Å². The first kappa shape index (κ1) is 10.1. The zero-order valence-electron chi connectivity index (χ0n) is 7.99. The Labute approximate surface area is 83.8 Å². The number of nitriles is 1. The molecule has 1 atom stereocenters. The number of hydrogen-bond acceptors (Lipinski definition) is 3. The van der Waals surface area contributed by atoms with Crippen molar-refractivity contribution in [1.29, 1.82) is 5.26 Å². The van der Waals surface area contributed by atoms with Gasteiger partial charge in [0, 0.05) is 6.20 Å². The van der Waals surface area contributed by atoms with Gasteiger partial charge < -0.3 is 5.32 Å². The lowest BCUT2D eigenvalue weighted by molar-refractivity contribution is 0.850. The van der Waals surface area contributed by atoms with Crippen molar-refractivity contribution >= 4 is 5.82 Å². The van der Waals surface area contributed by atoms with Crippen LogP contribution in [0.25, 0.3) is 0 Å². The molecule has 14 heavy (non-hydrogen) atoms. The lowest BCUT2D eigenvalue weighted by atomic mass is 10.2. The largest absolute Gasteiger partial charge is 0.355 e. The normalized spacial score (nSPS) is 11.1. The summed E-state index contributed by atoms with van der Waals surface area (Å²) >= 11 is 0. The zero-order chi connectivity index (χ0) is 10.4. The molecule has 0 fully saturated rings. The summed E-state index contributed by atoms with van der Waals surface area (Å²) in [5.74, 6) is 3.15. The highest BCUT2D eigenvalue weighted by Crippen LogP contribution is 2.11. The van der Waals surface area contributed by atoms with Crippen LogP contribution in [0.4, 0.5) is 5.82 Å². The number of nitrogens with one attached hydrogen (secondary N) is 1. The van der Waals surface area contributed by atoms with Crippen molar-refractivity contribution < 1.29 is 0 Å². The maximum atomic E-state index is 8.80. The first-order valence-corrected chi connectivity index (χ1v) is 4.39. The van der Waals surface area contributed by atoms with E-state index in [2.05, 4.69) is 22.3 Å². The van der Waals surface area contributed by atoms with Crippen LogP contribution >= 0.6 is 0 Å². The van der Waals surface area contributed by atoms with Crippen molar-refractivity contribution in [3.8, 4) is 18.4 Å². The Kier molecular flexibility index (Phi) is 3.52. The number of hydrogen-bond donors (Lipinski definition) is 1. The van der Waals surface area contributed by atoms with Crippen LogP contribution in [0.1, 0.15) is 18.9 Å². The molecule has 1 N–H and O–H groups in total. The number of nitrogens with zero attached hydrogens (tertiary/aromatic N) is 2. The molecule has 0 amide bonds. The molecule has 1 heterocycles. The minimum Gasteiger partial charge on any atom is -0.355 e. The van der Waals surface area contributed by atoms with E-state index < -0.39 is 0 Å². The Morgan fingerprint density at radius 2 is 2.50 bits per heavy atom. The van der Waals surface area contributed by atoms with E-state index in [1.165, 1.54) is 0 Å². The Morgan fingerprint density at radius 3 is 3.07 bits per heavy atom. The van der Waals surface area contributed by atoms with Crippen LogP contribution in [0.5, 0.6) is 0 Å². The molecule has 3 heteroatoms. The molecule has 0 aliphatic heterocycles. The maximum absolute atomic E-state index is 8.80. The molecular weight excluding hydrogens is 174 g/mol. The van der Waals surface area contributed by atoms with Gasteiger partial charge in [-0.25, -0.2) is 4.98 Å². The van der Waals surface area contributed by atoms with Crippen LogP contribution in [0.3, 0.4) is 0 Å². The number of terminal acetylenes is 1. The molecule has 70 valence electrons. The summed E-state index contributed by atoms with van der Waals surface area (Å²) in [6.45, 7) is 1.98. The van der Waals surface area contributed by atoms with Crippen molar-refractivity contribution in [2.45, 2.75) is 19.4 Å². The summed E-state index contributed by atoms with van der Waals surface area (Å²) < 4.78 is 0. The van der Waals surface area contributed by atoms with Crippen molar-refractivity contribution in [3.63, 3.8) is 0 Å². The van der Waals surface area contributed by atoms with Gasteiger partial charge in [-0.05, 0) is 18.6 Å². The lowest BCUT2D eigenvalue weighted by Crippen LogP contribution is -2.17. The van der Waals surface area contributed by atoms with Gasteiger partial charge in [0.25, 0.3) is 0 Å². The molecule has 0 spiro atoms. The maximum Gasteiger partial charge on any atom is 0.144 e.